The minimum absolute atomic E-state index is 0.0906. The number of hydrogen-bond donors (Lipinski definition) is 0. The number of carbonyl (C=O) groups excluding carboxylic acids is 1. The van der Waals surface area contributed by atoms with Crippen LogP contribution < -0.4 is 9.64 Å². The summed E-state index contributed by atoms with van der Waals surface area (Å²) in [5.74, 6) is 1.21. The van der Waals surface area contributed by atoms with Gasteiger partial charge in [-0.05, 0) is 61.7 Å². The monoisotopic (exact) mass is 418 g/mol. The number of aryl methyl sites for hydroxylation is 1. The van der Waals surface area contributed by atoms with Crippen LogP contribution in [0, 0.1) is 6.92 Å². The number of rotatable bonds is 4. The third kappa shape index (κ3) is 3.01. The van der Waals surface area contributed by atoms with E-state index in [0.717, 1.165) is 45.1 Å². The Hall–Kier alpha value is -3.06. The Kier molecular flexibility index (Phi) is 4.62. The maximum absolute atomic E-state index is 13.1. The molecule has 1 aliphatic heterocycles. The van der Waals surface area contributed by atoms with E-state index in [9.17, 15) is 4.79 Å². The zero-order valence-corrected chi connectivity index (χ0v) is 17.9. The molecule has 0 radical (unpaired) electrons. The van der Waals surface area contributed by atoms with Gasteiger partial charge in [-0.15, -0.1) is 10.2 Å². The Morgan fingerprint density at radius 1 is 1.20 bits per heavy atom. The van der Waals surface area contributed by atoms with Crippen LogP contribution in [0.15, 0.2) is 53.7 Å². The number of carbonyl (C=O) groups is 1. The Balaban J connectivity index is 1.47. The van der Waals surface area contributed by atoms with Crippen LogP contribution >= 0.6 is 11.8 Å². The second-order valence-corrected chi connectivity index (χ2v) is 8.57. The number of anilines is 1. The lowest BCUT2D eigenvalue weighted by atomic mass is 10.1. The van der Waals surface area contributed by atoms with Gasteiger partial charge in [-0.3, -0.25) is 9.20 Å². The Bertz CT molecular complexity index is 1280. The molecule has 6 nitrogen and oxygen atoms in total. The number of benzene rings is 2. The van der Waals surface area contributed by atoms with Crippen molar-refractivity contribution in [2.24, 2.45) is 0 Å². The predicted molar refractivity (Wildman–Crippen MR) is 120 cm³/mol. The summed E-state index contributed by atoms with van der Waals surface area (Å²) < 4.78 is 7.40. The highest BCUT2D eigenvalue weighted by Gasteiger charge is 2.30. The maximum atomic E-state index is 13.1. The summed E-state index contributed by atoms with van der Waals surface area (Å²) in [6, 6.07) is 16.3. The number of aromatic nitrogens is 3. The van der Waals surface area contributed by atoms with Gasteiger partial charge in [-0.1, -0.05) is 30.0 Å². The maximum Gasteiger partial charge on any atom is 0.237 e. The number of methoxy groups -OCH3 is 1. The van der Waals surface area contributed by atoms with Crippen molar-refractivity contribution in [3.05, 3.63) is 59.7 Å². The van der Waals surface area contributed by atoms with E-state index in [4.69, 9.17) is 4.74 Å². The Morgan fingerprint density at radius 2 is 2.03 bits per heavy atom. The van der Waals surface area contributed by atoms with Crippen LogP contribution in [0.5, 0.6) is 5.75 Å². The van der Waals surface area contributed by atoms with E-state index in [0.29, 0.717) is 5.75 Å². The molecule has 1 amide bonds. The lowest BCUT2D eigenvalue weighted by molar-refractivity contribution is -0.116. The minimum atomic E-state index is 0.0906. The summed E-state index contributed by atoms with van der Waals surface area (Å²) in [5, 5.41) is 10.5. The third-order valence-corrected chi connectivity index (χ3v) is 6.55. The average Bonchev–Trinajstić information content (AvgIpc) is 3.32. The van der Waals surface area contributed by atoms with Gasteiger partial charge >= 0.3 is 0 Å². The van der Waals surface area contributed by atoms with Crippen LogP contribution in [0.1, 0.15) is 18.1 Å². The lowest BCUT2D eigenvalue weighted by Gasteiger charge is -2.22. The molecule has 0 N–H and O–H groups in total. The molecule has 152 valence electrons. The summed E-state index contributed by atoms with van der Waals surface area (Å²) in [6.45, 7) is 4.12. The van der Waals surface area contributed by atoms with Crippen molar-refractivity contribution in [1.82, 2.24) is 14.6 Å². The minimum Gasteiger partial charge on any atom is -0.497 e. The first-order chi connectivity index (χ1) is 14.6. The SMILES string of the molecule is COc1ccc2c(c1)cc(C)c1nnc(SCC(=O)N3c4ccccc4CC3C)n12. The fraction of sp³-hybridized carbons (Fsp3) is 0.261. The van der Waals surface area contributed by atoms with Crippen LogP contribution in [0.3, 0.4) is 0 Å². The molecule has 3 heterocycles. The summed E-state index contributed by atoms with van der Waals surface area (Å²) in [7, 11) is 1.66. The van der Waals surface area contributed by atoms with E-state index in [1.54, 1.807) is 7.11 Å². The summed E-state index contributed by atoms with van der Waals surface area (Å²) in [5.41, 5.74) is 5.09. The summed E-state index contributed by atoms with van der Waals surface area (Å²) in [4.78, 5) is 15.0. The molecule has 0 saturated carbocycles. The van der Waals surface area contributed by atoms with E-state index < -0.39 is 0 Å². The van der Waals surface area contributed by atoms with Gasteiger partial charge in [0.15, 0.2) is 10.8 Å². The first-order valence-electron chi connectivity index (χ1n) is 9.92. The van der Waals surface area contributed by atoms with E-state index in [-0.39, 0.29) is 11.9 Å². The van der Waals surface area contributed by atoms with Crippen molar-refractivity contribution < 1.29 is 9.53 Å². The second-order valence-electron chi connectivity index (χ2n) is 7.63. The van der Waals surface area contributed by atoms with E-state index in [1.165, 1.54) is 17.3 Å². The van der Waals surface area contributed by atoms with Gasteiger partial charge in [0.1, 0.15) is 5.75 Å². The highest BCUT2D eigenvalue weighted by Crippen LogP contribution is 2.33. The molecule has 5 rings (SSSR count). The molecule has 0 spiro atoms. The number of ether oxygens (including phenoxy) is 1. The fourth-order valence-electron chi connectivity index (χ4n) is 4.25. The van der Waals surface area contributed by atoms with Gasteiger partial charge in [0.05, 0.1) is 18.4 Å². The zero-order valence-electron chi connectivity index (χ0n) is 17.1. The topological polar surface area (TPSA) is 59.7 Å². The number of nitrogens with zero attached hydrogens (tertiary/aromatic N) is 4. The molecular formula is C23H22N4O2S. The largest absolute Gasteiger partial charge is 0.497 e. The van der Waals surface area contributed by atoms with Crippen molar-refractivity contribution in [1.29, 1.82) is 0 Å². The molecule has 1 aliphatic rings. The number of fused-ring (bicyclic) bond motifs is 4. The van der Waals surface area contributed by atoms with E-state index in [1.807, 2.05) is 52.6 Å². The molecule has 0 fully saturated rings. The quantitative estimate of drug-likeness (QED) is 0.463. The van der Waals surface area contributed by atoms with Gasteiger partial charge in [0.25, 0.3) is 0 Å². The van der Waals surface area contributed by atoms with Crippen LogP contribution in [0.2, 0.25) is 0 Å². The van der Waals surface area contributed by atoms with Gasteiger partial charge in [-0.2, -0.15) is 0 Å². The van der Waals surface area contributed by atoms with E-state index in [2.05, 4.69) is 29.3 Å². The van der Waals surface area contributed by atoms with Gasteiger partial charge < -0.3 is 9.64 Å². The molecule has 2 aromatic carbocycles. The van der Waals surface area contributed by atoms with Crippen LogP contribution in [0.4, 0.5) is 5.69 Å². The van der Waals surface area contributed by atoms with Gasteiger partial charge in [0.2, 0.25) is 5.91 Å². The van der Waals surface area contributed by atoms with Crippen molar-refractivity contribution in [2.75, 3.05) is 17.8 Å². The molecule has 0 bridgehead atoms. The van der Waals surface area contributed by atoms with Crippen molar-refractivity contribution in [2.45, 2.75) is 31.5 Å². The molecule has 0 saturated heterocycles. The van der Waals surface area contributed by atoms with Crippen molar-refractivity contribution in [3.8, 4) is 5.75 Å². The van der Waals surface area contributed by atoms with E-state index >= 15 is 0 Å². The lowest BCUT2D eigenvalue weighted by Crippen LogP contribution is -2.37. The van der Waals surface area contributed by atoms with Crippen LogP contribution in [-0.4, -0.2) is 39.4 Å². The molecular weight excluding hydrogens is 396 g/mol. The van der Waals surface area contributed by atoms with Crippen LogP contribution in [0.25, 0.3) is 16.6 Å². The fourth-order valence-corrected chi connectivity index (χ4v) is 5.06. The molecule has 1 atom stereocenters. The molecule has 0 aliphatic carbocycles. The molecule has 7 heteroatoms. The normalized spacial score (nSPS) is 15.7. The third-order valence-electron chi connectivity index (χ3n) is 5.63. The zero-order chi connectivity index (χ0) is 20.8. The van der Waals surface area contributed by atoms with Crippen LogP contribution in [-0.2, 0) is 11.2 Å². The first-order valence-corrected chi connectivity index (χ1v) is 10.9. The summed E-state index contributed by atoms with van der Waals surface area (Å²) >= 11 is 1.43. The number of thioether (sulfide) groups is 1. The number of amides is 1. The summed E-state index contributed by atoms with van der Waals surface area (Å²) in [6.07, 6.45) is 0.895. The van der Waals surface area contributed by atoms with Gasteiger partial charge in [-0.25, -0.2) is 0 Å². The molecule has 2 aromatic heterocycles. The van der Waals surface area contributed by atoms with Gasteiger partial charge in [0, 0.05) is 17.1 Å². The molecule has 30 heavy (non-hydrogen) atoms. The standard InChI is InChI=1S/C23H22N4O2S/c1-14-10-17-12-18(29-3)8-9-20(17)27-22(14)24-25-23(27)30-13-21(28)26-15(2)11-16-6-4-5-7-19(16)26/h4-10,12,15H,11,13H2,1-3H3. The molecule has 4 aromatic rings. The average molecular weight is 419 g/mol. The predicted octanol–water partition coefficient (Wildman–Crippen LogP) is 4.27. The van der Waals surface area contributed by atoms with Crippen molar-refractivity contribution in [3.63, 3.8) is 0 Å². The number of para-hydroxylation sites is 1. The van der Waals surface area contributed by atoms with Crippen molar-refractivity contribution >= 4 is 39.9 Å². The Morgan fingerprint density at radius 3 is 2.87 bits per heavy atom. The highest BCUT2D eigenvalue weighted by atomic mass is 32.2. The first kappa shape index (κ1) is 18.9. The number of pyridine rings is 1. The molecule has 1 unspecified atom stereocenters. The Labute approximate surface area is 178 Å². The number of hydrogen-bond acceptors (Lipinski definition) is 5. The highest BCUT2D eigenvalue weighted by molar-refractivity contribution is 7.99. The smallest absolute Gasteiger partial charge is 0.237 e. The second kappa shape index (κ2) is 7.32.